The summed E-state index contributed by atoms with van der Waals surface area (Å²) in [5.41, 5.74) is 3.33. The smallest absolute Gasteiger partial charge is 0.0947 e. The van der Waals surface area contributed by atoms with Crippen LogP contribution in [0.3, 0.4) is 0 Å². The minimum atomic E-state index is 0.820. The zero-order valence-corrected chi connectivity index (χ0v) is 10.2. The second-order valence-electron chi connectivity index (χ2n) is 4.09. The van der Waals surface area contributed by atoms with Crippen LogP contribution in [0.1, 0.15) is 11.3 Å². The average molecular weight is 231 g/mol. The molecule has 1 N–H and O–H groups in total. The third kappa shape index (κ3) is 3.32. The summed E-state index contributed by atoms with van der Waals surface area (Å²) in [5.74, 6) is 0. The Morgan fingerprint density at radius 2 is 2.24 bits per heavy atom. The molecular formula is C13H17N3O. The summed E-state index contributed by atoms with van der Waals surface area (Å²) in [6, 6.07) is 6.00. The van der Waals surface area contributed by atoms with Gasteiger partial charge in [0.2, 0.25) is 0 Å². The first kappa shape index (κ1) is 11.7. The highest BCUT2D eigenvalue weighted by Crippen LogP contribution is 2.10. The largest absolute Gasteiger partial charge is 0.472 e. The van der Waals surface area contributed by atoms with E-state index >= 15 is 0 Å². The number of hydrogen-bond donors (Lipinski definition) is 1. The predicted octanol–water partition coefficient (Wildman–Crippen LogP) is 2.35. The van der Waals surface area contributed by atoms with Crippen molar-refractivity contribution in [1.29, 1.82) is 0 Å². The molecular weight excluding hydrogens is 214 g/mol. The van der Waals surface area contributed by atoms with Gasteiger partial charge < -0.3 is 9.73 Å². The molecule has 0 aliphatic carbocycles. The number of hydrogen-bond acceptors (Lipinski definition) is 4. The van der Waals surface area contributed by atoms with Crippen molar-refractivity contribution in [1.82, 2.24) is 9.88 Å². The first-order valence-electron chi connectivity index (χ1n) is 5.60. The number of nitrogens with zero attached hydrogens (tertiary/aromatic N) is 2. The summed E-state index contributed by atoms with van der Waals surface area (Å²) in [6.07, 6.45) is 5.30. The summed E-state index contributed by atoms with van der Waals surface area (Å²) in [5, 5.41) is 3.11. The monoisotopic (exact) mass is 231 g/mol. The predicted molar refractivity (Wildman–Crippen MR) is 67.7 cm³/mol. The van der Waals surface area contributed by atoms with Crippen LogP contribution in [0.25, 0.3) is 0 Å². The minimum Gasteiger partial charge on any atom is -0.472 e. The van der Waals surface area contributed by atoms with Crippen molar-refractivity contribution < 1.29 is 4.42 Å². The highest BCUT2D eigenvalue weighted by atomic mass is 16.3. The lowest BCUT2D eigenvalue weighted by atomic mass is 10.2. The van der Waals surface area contributed by atoms with Crippen LogP contribution in [-0.2, 0) is 13.1 Å². The quantitative estimate of drug-likeness (QED) is 0.857. The highest BCUT2D eigenvalue weighted by molar-refractivity contribution is 5.42. The van der Waals surface area contributed by atoms with Crippen molar-refractivity contribution in [2.75, 3.05) is 19.4 Å². The fourth-order valence-electron chi connectivity index (χ4n) is 1.75. The normalized spacial score (nSPS) is 10.8. The number of rotatable bonds is 5. The van der Waals surface area contributed by atoms with Crippen LogP contribution in [0.2, 0.25) is 0 Å². The van der Waals surface area contributed by atoms with Crippen molar-refractivity contribution in [3.05, 3.63) is 48.2 Å². The van der Waals surface area contributed by atoms with Crippen molar-refractivity contribution in [3.8, 4) is 0 Å². The Kier molecular flexibility index (Phi) is 3.77. The second-order valence-corrected chi connectivity index (χ2v) is 4.09. The van der Waals surface area contributed by atoms with Gasteiger partial charge in [-0.15, -0.1) is 0 Å². The van der Waals surface area contributed by atoms with Crippen LogP contribution in [0.15, 0.2) is 41.3 Å². The standard InChI is InChI=1S/C13H17N3O/c1-14-12-3-5-15-13(7-12)9-16(2)8-11-4-6-17-10-11/h3-7,10H,8-9H2,1-2H3,(H,14,15). The zero-order valence-electron chi connectivity index (χ0n) is 10.2. The number of aromatic nitrogens is 1. The molecule has 0 aliphatic rings. The molecule has 0 saturated carbocycles. The van der Waals surface area contributed by atoms with Crippen LogP contribution in [0.5, 0.6) is 0 Å². The topological polar surface area (TPSA) is 41.3 Å². The molecule has 0 spiro atoms. The van der Waals surface area contributed by atoms with E-state index in [1.165, 1.54) is 5.56 Å². The van der Waals surface area contributed by atoms with Gasteiger partial charge in [-0.1, -0.05) is 0 Å². The van der Waals surface area contributed by atoms with Gasteiger partial charge in [0.25, 0.3) is 0 Å². The Bertz CT molecular complexity index is 453. The van der Waals surface area contributed by atoms with E-state index in [1.807, 2.05) is 25.4 Å². The summed E-state index contributed by atoms with van der Waals surface area (Å²) >= 11 is 0. The van der Waals surface area contributed by atoms with Gasteiger partial charge in [-0.2, -0.15) is 0 Å². The zero-order chi connectivity index (χ0) is 12.1. The van der Waals surface area contributed by atoms with Gasteiger partial charge in [-0.3, -0.25) is 9.88 Å². The molecule has 4 heteroatoms. The maximum Gasteiger partial charge on any atom is 0.0947 e. The van der Waals surface area contributed by atoms with Gasteiger partial charge >= 0.3 is 0 Å². The van der Waals surface area contributed by atoms with E-state index in [2.05, 4.69) is 28.3 Å². The Morgan fingerprint density at radius 1 is 1.35 bits per heavy atom. The van der Waals surface area contributed by atoms with Crippen molar-refractivity contribution in [2.24, 2.45) is 0 Å². The van der Waals surface area contributed by atoms with Crippen LogP contribution in [0, 0.1) is 0 Å². The third-order valence-corrected chi connectivity index (χ3v) is 2.57. The van der Waals surface area contributed by atoms with Gasteiger partial charge in [-0.05, 0) is 25.2 Å². The maximum atomic E-state index is 5.05. The number of pyridine rings is 1. The van der Waals surface area contributed by atoms with Crippen molar-refractivity contribution >= 4 is 5.69 Å². The molecule has 17 heavy (non-hydrogen) atoms. The summed E-state index contributed by atoms with van der Waals surface area (Å²) in [6.45, 7) is 1.68. The molecule has 2 rings (SSSR count). The lowest BCUT2D eigenvalue weighted by molar-refractivity contribution is 0.314. The molecule has 90 valence electrons. The van der Waals surface area contributed by atoms with Crippen LogP contribution < -0.4 is 5.32 Å². The van der Waals surface area contributed by atoms with Crippen LogP contribution in [0.4, 0.5) is 5.69 Å². The van der Waals surface area contributed by atoms with Crippen molar-refractivity contribution in [2.45, 2.75) is 13.1 Å². The molecule has 0 aromatic carbocycles. The third-order valence-electron chi connectivity index (χ3n) is 2.57. The lowest BCUT2D eigenvalue weighted by Gasteiger charge is -2.15. The average Bonchev–Trinajstić information content (AvgIpc) is 2.82. The van der Waals surface area contributed by atoms with Gasteiger partial charge in [0.05, 0.1) is 18.2 Å². The van der Waals surface area contributed by atoms with E-state index in [4.69, 9.17) is 4.42 Å². The summed E-state index contributed by atoms with van der Waals surface area (Å²) < 4.78 is 5.05. The highest BCUT2D eigenvalue weighted by Gasteiger charge is 2.04. The Hall–Kier alpha value is -1.81. The Balaban J connectivity index is 1.95. The first-order chi connectivity index (χ1) is 8.28. The molecule has 2 heterocycles. The van der Waals surface area contributed by atoms with E-state index in [0.29, 0.717) is 0 Å². The van der Waals surface area contributed by atoms with Gasteiger partial charge in [0.15, 0.2) is 0 Å². The molecule has 0 saturated heterocycles. The molecule has 2 aromatic heterocycles. The van der Waals surface area contributed by atoms with E-state index in [1.54, 1.807) is 12.5 Å². The van der Waals surface area contributed by atoms with Crippen molar-refractivity contribution in [3.63, 3.8) is 0 Å². The summed E-state index contributed by atoms with van der Waals surface area (Å²) in [7, 11) is 3.98. The Labute approximate surface area is 101 Å². The second kappa shape index (κ2) is 5.50. The Morgan fingerprint density at radius 3 is 2.94 bits per heavy atom. The summed E-state index contributed by atoms with van der Waals surface area (Å²) in [4.78, 5) is 6.55. The lowest BCUT2D eigenvalue weighted by Crippen LogP contribution is -2.17. The van der Waals surface area contributed by atoms with E-state index in [9.17, 15) is 0 Å². The van der Waals surface area contributed by atoms with E-state index < -0.39 is 0 Å². The number of furan rings is 1. The first-order valence-corrected chi connectivity index (χ1v) is 5.60. The number of nitrogens with one attached hydrogen (secondary N) is 1. The molecule has 0 fully saturated rings. The van der Waals surface area contributed by atoms with Gasteiger partial charge in [0, 0.05) is 37.6 Å². The molecule has 0 atom stereocenters. The maximum absolute atomic E-state index is 5.05. The molecule has 2 aromatic rings. The molecule has 0 radical (unpaired) electrons. The minimum absolute atomic E-state index is 0.820. The fraction of sp³-hybridized carbons (Fsp3) is 0.308. The number of anilines is 1. The van der Waals surface area contributed by atoms with Gasteiger partial charge in [0.1, 0.15) is 0 Å². The molecule has 0 aliphatic heterocycles. The fourth-order valence-corrected chi connectivity index (χ4v) is 1.75. The molecule has 0 unspecified atom stereocenters. The van der Waals surface area contributed by atoms with Gasteiger partial charge in [-0.25, -0.2) is 0 Å². The molecule has 0 bridgehead atoms. The SMILES string of the molecule is CNc1ccnc(CN(C)Cc2ccoc2)c1. The van der Waals surface area contributed by atoms with Crippen LogP contribution >= 0.6 is 0 Å². The van der Waals surface area contributed by atoms with E-state index in [0.717, 1.165) is 24.5 Å². The van der Waals surface area contributed by atoms with E-state index in [-0.39, 0.29) is 0 Å². The molecule has 4 nitrogen and oxygen atoms in total. The van der Waals surface area contributed by atoms with Crippen LogP contribution in [-0.4, -0.2) is 24.0 Å². The molecule has 0 amide bonds.